The van der Waals surface area contributed by atoms with Crippen LogP contribution in [0.15, 0.2) is 24.3 Å². The number of ether oxygens (including phenoxy) is 1. The molecule has 1 aromatic rings. The summed E-state index contributed by atoms with van der Waals surface area (Å²) >= 11 is 5.79. The highest BCUT2D eigenvalue weighted by Gasteiger charge is 2.14. The van der Waals surface area contributed by atoms with Gasteiger partial charge in [-0.1, -0.05) is 18.0 Å². The summed E-state index contributed by atoms with van der Waals surface area (Å²) in [5.74, 6) is 0.747. The van der Waals surface area contributed by atoms with Crippen LogP contribution < -0.4 is 4.74 Å². The van der Waals surface area contributed by atoms with Crippen molar-refractivity contribution < 1.29 is 9.84 Å². The number of likely N-dealkylation sites (tertiary alicyclic amines) is 1. The van der Waals surface area contributed by atoms with Gasteiger partial charge in [0.15, 0.2) is 0 Å². The summed E-state index contributed by atoms with van der Waals surface area (Å²) in [6.07, 6.45) is 3.36. The number of aliphatic hydroxyl groups is 1. The van der Waals surface area contributed by atoms with Crippen LogP contribution in [0.1, 0.15) is 19.3 Å². The second kappa shape index (κ2) is 6.98. The van der Waals surface area contributed by atoms with Crippen LogP contribution in [0.4, 0.5) is 0 Å². The van der Waals surface area contributed by atoms with Crippen LogP contribution in [0.5, 0.6) is 5.75 Å². The van der Waals surface area contributed by atoms with E-state index in [1.807, 2.05) is 12.1 Å². The van der Waals surface area contributed by atoms with Crippen molar-refractivity contribution >= 4 is 11.6 Å². The monoisotopic (exact) mass is 269 g/mol. The van der Waals surface area contributed by atoms with E-state index in [0.717, 1.165) is 18.8 Å². The first kappa shape index (κ1) is 13.7. The van der Waals surface area contributed by atoms with E-state index in [4.69, 9.17) is 16.3 Å². The third-order valence-electron chi connectivity index (χ3n) is 3.17. The number of hydrogen-bond donors (Lipinski definition) is 1. The number of piperidine rings is 1. The summed E-state index contributed by atoms with van der Waals surface area (Å²) in [6, 6.07) is 7.20. The number of nitrogens with zero attached hydrogens (tertiary/aromatic N) is 1. The van der Waals surface area contributed by atoms with Crippen molar-refractivity contribution in [2.75, 3.05) is 26.2 Å². The average molecular weight is 270 g/mol. The van der Waals surface area contributed by atoms with Gasteiger partial charge in [-0.05, 0) is 50.2 Å². The number of hydrogen-bond acceptors (Lipinski definition) is 3. The predicted octanol–water partition coefficient (Wildman–Crippen LogP) is 2.57. The zero-order valence-electron chi connectivity index (χ0n) is 10.5. The molecule has 1 atom stereocenters. The Bertz CT molecular complexity index is 349. The zero-order valence-corrected chi connectivity index (χ0v) is 11.3. The van der Waals surface area contributed by atoms with E-state index in [9.17, 15) is 5.11 Å². The maximum absolute atomic E-state index is 9.92. The van der Waals surface area contributed by atoms with Crippen LogP contribution in [0.2, 0.25) is 5.02 Å². The van der Waals surface area contributed by atoms with E-state index in [-0.39, 0.29) is 0 Å². The van der Waals surface area contributed by atoms with Gasteiger partial charge in [0.05, 0.1) is 0 Å². The Morgan fingerprint density at radius 2 is 1.83 bits per heavy atom. The van der Waals surface area contributed by atoms with Crippen LogP contribution in [0.3, 0.4) is 0 Å². The van der Waals surface area contributed by atoms with E-state index in [0.29, 0.717) is 18.2 Å². The summed E-state index contributed by atoms with van der Waals surface area (Å²) in [6.45, 7) is 3.22. The SMILES string of the molecule is O[C@H](COc1ccc(Cl)cc1)CN1CCCCC1. The van der Waals surface area contributed by atoms with Crippen LogP contribution in [-0.2, 0) is 0 Å². The lowest BCUT2D eigenvalue weighted by Gasteiger charge is -2.28. The molecule has 0 spiro atoms. The topological polar surface area (TPSA) is 32.7 Å². The molecule has 1 aliphatic heterocycles. The molecule has 0 aromatic heterocycles. The molecule has 1 saturated heterocycles. The fourth-order valence-electron chi connectivity index (χ4n) is 2.22. The van der Waals surface area contributed by atoms with Gasteiger partial charge >= 0.3 is 0 Å². The van der Waals surface area contributed by atoms with Crippen molar-refractivity contribution in [2.24, 2.45) is 0 Å². The Kier molecular flexibility index (Phi) is 5.29. The van der Waals surface area contributed by atoms with Crippen molar-refractivity contribution in [3.63, 3.8) is 0 Å². The van der Waals surface area contributed by atoms with Gasteiger partial charge in [0.2, 0.25) is 0 Å². The van der Waals surface area contributed by atoms with E-state index >= 15 is 0 Å². The first-order valence-electron chi connectivity index (χ1n) is 6.53. The summed E-state index contributed by atoms with van der Waals surface area (Å²) in [5.41, 5.74) is 0. The number of rotatable bonds is 5. The number of benzene rings is 1. The minimum Gasteiger partial charge on any atom is -0.491 e. The maximum atomic E-state index is 9.92. The summed E-state index contributed by atoms with van der Waals surface area (Å²) in [4.78, 5) is 2.30. The molecule has 0 saturated carbocycles. The van der Waals surface area contributed by atoms with E-state index < -0.39 is 6.10 Å². The molecule has 0 unspecified atom stereocenters. The molecular weight excluding hydrogens is 250 g/mol. The molecule has 18 heavy (non-hydrogen) atoms. The normalized spacial score (nSPS) is 18.6. The van der Waals surface area contributed by atoms with Crippen LogP contribution in [0, 0.1) is 0 Å². The van der Waals surface area contributed by atoms with Crippen molar-refractivity contribution in [1.29, 1.82) is 0 Å². The third-order valence-corrected chi connectivity index (χ3v) is 3.43. The second-order valence-electron chi connectivity index (χ2n) is 4.78. The maximum Gasteiger partial charge on any atom is 0.119 e. The lowest BCUT2D eigenvalue weighted by atomic mass is 10.1. The Hall–Kier alpha value is -0.770. The van der Waals surface area contributed by atoms with E-state index in [1.165, 1.54) is 19.3 Å². The molecule has 0 aliphatic carbocycles. The highest BCUT2D eigenvalue weighted by molar-refractivity contribution is 6.30. The van der Waals surface area contributed by atoms with Gasteiger partial charge in [-0.3, -0.25) is 0 Å². The zero-order chi connectivity index (χ0) is 12.8. The molecule has 1 fully saturated rings. The number of halogens is 1. The van der Waals surface area contributed by atoms with Crippen molar-refractivity contribution in [1.82, 2.24) is 4.90 Å². The summed E-state index contributed by atoms with van der Waals surface area (Å²) in [7, 11) is 0. The molecule has 1 aromatic carbocycles. The van der Waals surface area contributed by atoms with Crippen molar-refractivity contribution in [2.45, 2.75) is 25.4 Å². The van der Waals surface area contributed by atoms with Crippen molar-refractivity contribution in [3.05, 3.63) is 29.3 Å². The van der Waals surface area contributed by atoms with Gasteiger partial charge in [-0.25, -0.2) is 0 Å². The van der Waals surface area contributed by atoms with Gasteiger partial charge in [0.25, 0.3) is 0 Å². The number of aliphatic hydroxyl groups excluding tert-OH is 1. The molecular formula is C14H20ClNO2. The van der Waals surface area contributed by atoms with E-state index in [2.05, 4.69) is 4.90 Å². The smallest absolute Gasteiger partial charge is 0.119 e. The highest BCUT2D eigenvalue weighted by Crippen LogP contribution is 2.16. The van der Waals surface area contributed by atoms with Crippen LogP contribution >= 0.6 is 11.6 Å². The molecule has 2 rings (SSSR count). The summed E-state index contributed by atoms with van der Waals surface area (Å²) < 4.78 is 5.53. The highest BCUT2D eigenvalue weighted by atomic mass is 35.5. The first-order valence-corrected chi connectivity index (χ1v) is 6.90. The number of β-amino-alcohol motifs (C(OH)–C–C–N with tert-alkyl or cyclic N) is 1. The fourth-order valence-corrected chi connectivity index (χ4v) is 2.34. The van der Waals surface area contributed by atoms with Crippen LogP contribution in [0.25, 0.3) is 0 Å². The Morgan fingerprint density at radius 3 is 2.50 bits per heavy atom. The summed E-state index contributed by atoms with van der Waals surface area (Å²) in [5, 5.41) is 10.6. The molecule has 3 nitrogen and oxygen atoms in total. The Morgan fingerprint density at radius 1 is 1.17 bits per heavy atom. The lowest BCUT2D eigenvalue weighted by molar-refractivity contribution is 0.0617. The van der Waals surface area contributed by atoms with Gasteiger partial charge in [-0.15, -0.1) is 0 Å². The molecule has 1 aliphatic rings. The van der Waals surface area contributed by atoms with E-state index in [1.54, 1.807) is 12.1 Å². The van der Waals surface area contributed by atoms with Gasteiger partial charge in [0, 0.05) is 11.6 Å². The molecule has 1 N–H and O–H groups in total. The largest absolute Gasteiger partial charge is 0.491 e. The quantitative estimate of drug-likeness (QED) is 0.892. The molecule has 1 heterocycles. The second-order valence-corrected chi connectivity index (χ2v) is 5.22. The molecule has 0 amide bonds. The predicted molar refractivity (Wildman–Crippen MR) is 73.2 cm³/mol. The minimum atomic E-state index is -0.432. The Balaban J connectivity index is 1.70. The third kappa shape index (κ3) is 4.48. The van der Waals surface area contributed by atoms with Gasteiger partial charge < -0.3 is 14.7 Å². The van der Waals surface area contributed by atoms with Crippen molar-refractivity contribution in [3.8, 4) is 5.75 Å². The molecule has 4 heteroatoms. The lowest BCUT2D eigenvalue weighted by Crippen LogP contribution is -2.38. The van der Waals surface area contributed by atoms with Gasteiger partial charge in [-0.2, -0.15) is 0 Å². The fraction of sp³-hybridized carbons (Fsp3) is 0.571. The van der Waals surface area contributed by atoms with Crippen LogP contribution in [-0.4, -0.2) is 42.4 Å². The first-order chi connectivity index (χ1) is 8.74. The minimum absolute atomic E-state index is 0.331. The molecule has 100 valence electrons. The standard InChI is InChI=1S/C14H20ClNO2/c15-12-4-6-14(7-5-12)18-11-13(17)10-16-8-2-1-3-9-16/h4-7,13,17H,1-3,8-11H2/t13-/m0/s1. The van der Waals surface area contributed by atoms with Gasteiger partial charge in [0.1, 0.15) is 18.5 Å². The average Bonchev–Trinajstić information content (AvgIpc) is 2.39. The molecule has 0 radical (unpaired) electrons. The molecule has 0 bridgehead atoms. The Labute approximate surface area is 113 Å².